The first-order valence-corrected chi connectivity index (χ1v) is 8.48. The van der Waals surface area contributed by atoms with Gasteiger partial charge < -0.3 is 9.47 Å². The van der Waals surface area contributed by atoms with E-state index in [-0.39, 0.29) is 11.9 Å². The highest BCUT2D eigenvalue weighted by molar-refractivity contribution is 5.93. The van der Waals surface area contributed by atoms with Crippen LogP contribution in [0, 0.1) is 6.92 Å². The quantitative estimate of drug-likeness (QED) is 0.736. The van der Waals surface area contributed by atoms with Crippen molar-refractivity contribution in [2.75, 3.05) is 13.1 Å². The molecule has 1 aliphatic rings. The lowest BCUT2D eigenvalue weighted by atomic mass is 10.0. The molecule has 1 aromatic carbocycles. The summed E-state index contributed by atoms with van der Waals surface area (Å²) in [6, 6.07) is 10.0. The van der Waals surface area contributed by atoms with E-state index < -0.39 is 0 Å². The fraction of sp³-hybridized carbons (Fsp3) is 0.333. The lowest BCUT2D eigenvalue weighted by Gasteiger charge is -2.33. The largest absolute Gasteiger partial charge is 0.335 e. The molecule has 3 aromatic rings. The number of imidazole rings is 1. The maximum Gasteiger partial charge on any atom is 0.276 e. The van der Waals surface area contributed by atoms with Crippen molar-refractivity contribution in [3.63, 3.8) is 0 Å². The van der Waals surface area contributed by atoms with Crippen LogP contribution in [0.25, 0.3) is 5.69 Å². The molecule has 0 aliphatic carbocycles. The molecular weight excluding hydrogens is 316 g/mol. The fourth-order valence-corrected chi connectivity index (χ4v) is 3.36. The maximum absolute atomic E-state index is 13.0. The SMILES string of the molecule is Cc1c(C(=O)N2CCC[C@H](n3ccnc3)C2)nnn1-c1ccccc1. The molecule has 1 atom stereocenters. The predicted octanol–water partition coefficient (Wildman–Crippen LogP) is 2.25. The van der Waals surface area contributed by atoms with Crippen molar-refractivity contribution < 1.29 is 4.79 Å². The van der Waals surface area contributed by atoms with Crippen LogP contribution in [-0.2, 0) is 0 Å². The molecule has 2 aromatic heterocycles. The van der Waals surface area contributed by atoms with Crippen LogP contribution in [0.15, 0.2) is 49.1 Å². The second kappa shape index (κ2) is 6.51. The number of carbonyl (C=O) groups is 1. The third kappa shape index (κ3) is 2.93. The summed E-state index contributed by atoms with van der Waals surface area (Å²) in [5.41, 5.74) is 2.09. The molecule has 0 N–H and O–H groups in total. The summed E-state index contributed by atoms with van der Waals surface area (Å²) in [5.74, 6) is -0.0514. The first-order chi connectivity index (χ1) is 12.2. The van der Waals surface area contributed by atoms with Crippen LogP contribution in [0.4, 0.5) is 0 Å². The second-order valence-corrected chi connectivity index (χ2v) is 6.33. The Labute approximate surface area is 145 Å². The Bertz CT molecular complexity index is 855. The van der Waals surface area contributed by atoms with Gasteiger partial charge in [0.25, 0.3) is 5.91 Å². The van der Waals surface area contributed by atoms with Crippen molar-refractivity contribution in [1.29, 1.82) is 0 Å². The number of rotatable bonds is 3. The van der Waals surface area contributed by atoms with Gasteiger partial charge >= 0.3 is 0 Å². The third-order valence-electron chi connectivity index (χ3n) is 4.73. The molecule has 0 saturated carbocycles. The van der Waals surface area contributed by atoms with Crippen LogP contribution in [-0.4, -0.2) is 48.4 Å². The minimum atomic E-state index is -0.0514. The normalized spacial score (nSPS) is 17.6. The molecule has 0 radical (unpaired) electrons. The number of hydrogen-bond acceptors (Lipinski definition) is 4. The van der Waals surface area contributed by atoms with Gasteiger partial charge in [0.15, 0.2) is 5.69 Å². The molecule has 7 heteroatoms. The van der Waals surface area contributed by atoms with Crippen LogP contribution >= 0.6 is 0 Å². The topological polar surface area (TPSA) is 68.8 Å². The molecule has 0 unspecified atom stereocenters. The van der Waals surface area contributed by atoms with E-state index in [1.54, 1.807) is 10.9 Å². The molecule has 1 fully saturated rings. The average Bonchev–Trinajstić information content (AvgIpc) is 3.32. The summed E-state index contributed by atoms with van der Waals surface area (Å²) in [5, 5.41) is 8.33. The van der Waals surface area contributed by atoms with E-state index in [4.69, 9.17) is 0 Å². The number of aromatic nitrogens is 5. The Morgan fingerprint density at radius 2 is 2.08 bits per heavy atom. The maximum atomic E-state index is 13.0. The monoisotopic (exact) mass is 336 g/mol. The zero-order chi connectivity index (χ0) is 17.2. The van der Waals surface area contributed by atoms with E-state index in [2.05, 4.69) is 19.9 Å². The molecule has 3 heterocycles. The van der Waals surface area contributed by atoms with Crippen LogP contribution < -0.4 is 0 Å². The number of carbonyl (C=O) groups excluding carboxylic acids is 1. The molecule has 25 heavy (non-hydrogen) atoms. The van der Waals surface area contributed by atoms with E-state index in [9.17, 15) is 4.79 Å². The van der Waals surface area contributed by atoms with Crippen molar-refractivity contribution in [3.05, 3.63) is 60.4 Å². The minimum absolute atomic E-state index is 0.0514. The van der Waals surface area contributed by atoms with E-state index in [0.717, 1.165) is 30.8 Å². The highest BCUT2D eigenvalue weighted by Crippen LogP contribution is 2.23. The zero-order valence-electron chi connectivity index (χ0n) is 14.1. The number of nitrogens with zero attached hydrogens (tertiary/aromatic N) is 6. The fourth-order valence-electron chi connectivity index (χ4n) is 3.36. The number of likely N-dealkylation sites (tertiary alicyclic amines) is 1. The van der Waals surface area contributed by atoms with Gasteiger partial charge in [-0.3, -0.25) is 4.79 Å². The average molecular weight is 336 g/mol. The van der Waals surface area contributed by atoms with Gasteiger partial charge in [-0.15, -0.1) is 5.10 Å². The molecule has 1 saturated heterocycles. The highest BCUT2D eigenvalue weighted by Gasteiger charge is 2.28. The molecule has 128 valence electrons. The number of hydrogen-bond donors (Lipinski definition) is 0. The molecule has 0 bridgehead atoms. The number of benzene rings is 1. The lowest BCUT2D eigenvalue weighted by Crippen LogP contribution is -2.41. The van der Waals surface area contributed by atoms with Crippen molar-refractivity contribution in [2.24, 2.45) is 0 Å². The summed E-state index contributed by atoms with van der Waals surface area (Å²) < 4.78 is 3.79. The van der Waals surface area contributed by atoms with Crippen molar-refractivity contribution in [3.8, 4) is 5.69 Å². The molecule has 1 amide bonds. The Morgan fingerprint density at radius 3 is 2.84 bits per heavy atom. The second-order valence-electron chi connectivity index (χ2n) is 6.33. The van der Waals surface area contributed by atoms with E-state index in [0.29, 0.717) is 12.2 Å². The Kier molecular flexibility index (Phi) is 4.05. The Morgan fingerprint density at radius 1 is 1.24 bits per heavy atom. The molecule has 4 rings (SSSR count). The molecular formula is C18H20N6O. The smallest absolute Gasteiger partial charge is 0.276 e. The van der Waals surface area contributed by atoms with Crippen molar-refractivity contribution in [2.45, 2.75) is 25.8 Å². The standard InChI is InChI=1S/C18H20N6O/c1-14-17(20-21-24(14)15-6-3-2-4-7-15)18(25)22-10-5-8-16(12-22)23-11-9-19-13-23/h2-4,6-7,9,11,13,16H,5,8,10,12H2,1H3/t16-/m0/s1. The van der Waals surface area contributed by atoms with Crippen LogP contribution in [0.3, 0.4) is 0 Å². The number of amides is 1. The molecule has 1 aliphatic heterocycles. The van der Waals surface area contributed by atoms with Crippen LogP contribution in [0.1, 0.15) is 35.1 Å². The van der Waals surface area contributed by atoms with E-state index in [1.165, 1.54) is 0 Å². The highest BCUT2D eigenvalue weighted by atomic mass is 16.2. The van der Waals surface area contributed by atoms with Crippen LogP contribution in [0.5, 0.6) is 0 Å². The predicted molar refractivity (Wildman–Crippen MR) is 92.5 cm³/mol. The van der Waals surface area contributed by atoms with E-state index in [1.807, 2.05) is 54.7 Å². The summed E-state index contributed by atoms with van der Waals surface area (Å²) in [4.78, 5) is 19.0. The zero-order valence-corrected chi connectivity index (χ0v) is 14.1. The van der Waals surface area contributed by atoms with Gasteiger partial charge in [-0.1, -0.05) is 23.4 Å². The summed E-state index contributed by atoms with van der Waals surface area (Å²) >= 11 is 0. The van der Waals surface area contributed by atoms with Crippen molar-refractivity contribution in [1.82, 2.24) is 29.4 Å². The summed E-state index contributed by atoms with van der Waals surface area (Å²) in [7, 11) is 0. The molecule has 0 spiro atoms. The summed E-state index contributed by atoms with van der Waals surface area (Å²) in [6.07, 6.45) is 7.57. The summed E-state index contributed by atoms with van der Waals surface area (Å²) in [6.45, 7) is 3.31. The Hall–Kier alpha value is -2.96. The number of para-hydroxylation sites is 1. The van der Waals surface area contributed by atoms with Crippen LogP contribution in [0.2, 0.25) is 0 Å². The van der Waals surface area contributed by atoms with E-state index >= 15 is 0 Å². The van der Waals surface area contributed by atoms with Gasteiger partial charge in [0.05, 0.1) is 23.8 Å². The van der Waals surface area contributed by atoms with Gasteiger partial charge in [0.1, 0.15) is 0 Å². The molecule has 7 nitrogen and oxygen atoms in total. The van der Waals surface area contributed by atoms with Gasteiger partial charge in [-0.2, -0.15) is 0 Å². The lowest BCUT2D eigenvalue weighted by molar-refractivity contribution is 0.0672. The van der Waals surface area contributed by atoms with Gasteiger partial charge in [0, 0.05) is 25.5 Å². The minimum Gasteiger partial charge on any atom is -0.335 e. The van der Waals surface area contributed by atoms with Gasteiger partial charge in [0.2, 0.25) is 0 Å². The number of piperidine rings is 1. The van der Waals surface area contributed by atoms with Gasteiger partial charge in [-0.05, 0) is 31.9 Å². The third-order valence-corrected chi connectivity index (χ3v) is 4.73. The van der Waals surface area contributed by atoms with Gasteiger partial charge in [-0.25, -0.2) is 9.67 Å². The first kappa shape index (κ1) is 15.6. The first-order valence-electron chi connectivity index (χ1n) is 8.48. The van der Waals surface area contributed by atoms with Crippen molar-refractivity contribution >= 4 is 5.91 Å². The Balaban J connectivity index is 1.56.